The summed E-state index contributed by atoms with van der Waals surface area (Å²) in [6.07, 6.45) is 1.77. The number of guanidine groups is 1. The van der Waals surface area contributed by atoms with Crippen LogP contribution in [-0.4, -0.2) is 56.1 Å². The van der Waals surface area contributed by atoms with Crippen LogP contribution in [0.2, 0.25) is 0 Å². The maximum atomic E-state index is 12.1. The summed E-state index contributed by atoms with van der Waals surface area (Å²) in [7, 11) is 1.72. The number of aliphatic imine (C=N–C) groups is 1. The molecule has 1 saturated heterocycles. The first kappa shape index (κ1) is 29.4. The zero-order chi connectivity index (χ0) is 23.6. The molecule has 2 rings (SSSR count). The van der Waals surface area contributed by atoms with E-state index < -0.39 is 17.2 Å². The van der Waals surface area contributed by atoms with E-state index in [-0.39, 0.29) is 30.1 Å². The molecule has 8 nitrogen and oxygen atoms in total. The molecule has 1 heterocycles. The summed E-state index contributed by atoms with van der Waals surface area (Å²) in [6.45, 7) is 12.7. The van der Waals surface area contributed by atoms with Crippen LogP contribution in [0.15, 0.2) is 29.3 Å². The van der Waals surface area contributed by atoms with E-state index in [0.29, 0.717) is 25.7 Å². The average molecular weight is 577 g/mol. The number of nitrogens with one attached hydrogen (secondary N) is 3. The molecular weight excluding hydrogens is 535 g/mol. The first-order chi connectivity index (χ1) is 15.1. The van der Waals surface area contributed by atoms with E-state index >= 15 is 0 Å². The predicted molar refractivity (Wildman–Crippen MR) is 142 cm³/mol. The van der Waals surface area contributed by atoms with Crippen molar-refractivity contribution in [3.63, 3.8) is 0 Å². The summed E-state index contributed by atoms with van der Waals surface area (Å²) in [5.74, 6) is 0.660. The van der Waals surface area contributed by atoms with Gasteiger partial charge in [-0.2, -0.15) is 0 Å². The fourth-order valence-corrected chi connectivity index (χ4v) is 3.22. The topological polar surface area (TPSA) is 93.2 Å². The molecule has 0 aromatic heterocycles. The van der Waals surface area contributed by atoms with Gasteiger partial charge in [-0.1, -0.05) is 24.3 Å². The van der Waals surface area contributed by atoms with Gasteiger partial charge in [0.25, 0.3) is 0 Å². The van der Waals surface area contributed by atoms with E-state index in [4.69, 9.17) is 14.2 Å². The Kier molecular flexibility index (Phi) is 12.5. The highest BCUT2D eigenvalue weighted by molar-refractivity contribution is 14.0. The Balaban J connectivity index is 0.00000544. The lowest BCUT2D eigenvalue weighted by Crippen LogP contribution is -2.54. The first-order valence-corrected chi connectivity index (χ1v) is 11.3. The minimum Gasteiger partial charge on any atom is -0.444 e. The minimum atomic E-state index is -0.532. The van der Waals surface area contributed by atoms with Crippen LogP contribution >= 0.6 is 24.0 Å². The Hall–Kier alpha value is -1.59. The Bertz CT molecular complexity index is 759. The second kappa shape index (κ2) is 14.0. The number of hydrogen-bond acceptors (Lipinski definition) is 5. The normalized spacial score (nSPS) is 15.4. The summed E-state index contributed by atoms with van der Waals surface area (Å²) in [6, 6.07) is 8.35. The number of halogens is 1. The fraction of sp³-hybridized carbons (Fsp3) is 0.667. The lowest BCUT2D eigenvalue weighted by atomic mass is 10.1. The molecule has 1 aliphatic rings. The number of benzene rings is 1. The summed E-state index contributed by atoms with van der Waals surface area (Å²) in [5.41, 5.74) is 1.25. The molecule has 0 radical (unpaired) electrons. The number of hydrogen-bond donors (Lipinski definition) is 3. The summed E-state index contributed by atoms with van der Waals surface area (Å²) >= 11 is 0. The van der Waals surface area contributed by atoms with E-state index in [1.165, 1.54) is 0 Å². The Morgan fingerprint density at radius 1 is 1.12 bits per heavy atom. The van der Waals surface area contributed by atoms with Crippen molar-refractivity contribution < 1.29 is 19.0 Å². The third-order valence-corrected chi connectivity index (χ3v) is 4.87. The van der Waals surface area contributed by atoms with Crippen molar-refractivity contribution in [1.29, 1.82) is 0 Å². The Morgan fingerprint density at radius 3 is 2.42 bits per heavy atom. The minimum absolute atomic E-state index is 0. The van der Waals surface area contributed by atoms with Crippen LogP contribution in [-0.2, 0) is 27.4 Å². The molecule has 1 amide bonds. The number of amides is 1. The molecule has 1 aliphatic heterocycles. The van der Waals surface area contributed by atoms with Crippen molar-refractivity contribution in [2.75, 3.05) is 26.8 Å². The maximum Gasteiger partial charge on any atom is 0.408 e. The quantitative estimate of drug-likeness (QED) is 0.247. The number of rotatable bonds is 8. The lowest BCUT2D eigenvalue weighted by Gasteiger charge is -2.29. The van der Waals surface area contributed by atoms with Crippen molar-refractivity contribution in [1.82, 2.24) is 16.0 Å². The van der Waals surface area contributed by atoms with Crippen molar-refractivity contribution in [3.8, 4) is 0 Å². The zero-order valence-electron chi connectivity index (χ0n) is 20.8. The number of ether oxygens (including phenoxy) is 3. The van der Waals surface area contributed by atoms with Crippen LogP contribution in [0.3, 0.4) is 0 Å². The van der Waals surface area contributed by atoms with E-state index in [2.05, 4.69) is 39.1 Å². The van der Waals surface area contributed by atoms with Crippen LogP contribution in [0.5, 0.6) is 0 Å². The van der Waals surface area contributed by atoms with E-state index in [1.807, 2.05) is 40.7 Å². The molecule has 0 aliphatic carbocycles. The lowest BCUT2D eigenvalue weighted by molar-refractivity contribution is -0.0390. The maximum absolute atomic E-state index is 12.1. The number of carbonyl (C=O) groups is 1. The third kappa shape index (κ3) is 12.4. The molecule has 33 heavy (non-hydrogen) atoms. The molecule has 0 unspecified atom stereocenters. The van der Waals surface area contributed by atoms with E-state index in [0.717, 1.165) is 37.2 Å². The van der Waals surface area contributed by atoms with Crippen molar-refractivity contribution >= 4 is 36.0 Å². The second-order valence-electron chi connectivity index (χ2n) is 9.73. The van der Waals surface area contributed by atoms with Crippen LogP contribution in [0, 0.1) is 0 Å². The van der Waals surface area contributed by atoms with Crippen molar-refractivity contribution in [2.24, 2.45) is 4.99 Å². The summed E-state index contributed by atoms with van der Waals surface area (Å²) in [5, 5.41) is 9.47. The van der Waals surface area contributed by atoms with Gasteiger partial charge >= 0.3 is 6.09 Å². The number of nitrogens with zero attached hydrogens (tertiary/aromatic N) is 1. The van der Waals surface area contributed by atoms with Crippen LogP contribution in [0.1, 0.15) is 58.6 Å². The van der Waals surface area contributed by atoms with Crippen LogP contribution in [0.25, 0.3) is 0 Å². The fourth-order valence-electron chi connectivity index (χ4n) is 3.22. The SMILES string of the molecule is CN=C(NCc1cccc(COC2CCOCC2)c1)NCC(C)(C)NC(=O)OC(C)(C)C.I. The van der Waals surface area contributed by atoms with E-state index in [9.17, 15) is 4.79 Å². The zero-order valence-corrected chi connectivity index (χ0v) is 23.2. The standard InChI is InChI=1S/C24H40N4O4.HI/c1-23(2,3)32-22(29)28-24(4,5)17-27-21(25-6)26-15-18-8-7-9-19(14-18)16-31-20-10-12-30-13-11-20;/h7-9,14,20H,10-13,15-17H2,1-6H3,(H,28,29)(H2,25,26,27);1H. The Morgan fingerprint density at radius 2 is 1.79 bits per heavy atom. The van der Waals surface area contributed by atoms with Gasteiger partial charge in [-0.15, -0.1) is 24.0 Å². The van der Waals surface area contributed by atoms with Crippen molar-refractivity contribution in [2.45, 2.75) is 77.9 Å². The highest BCUT2D eigenvalue weighted by atomic mass is 127. The second-order valence-corrected chi connectivity index (χ2v) is 9.73. The predicted octanol–water partition coefficient (Wildman–Crippen LogP) is 3.97. The van der Waals surface area contributed by atoms with Crippen LogP contribution in [0.4, 0.5) is 4.79 Å². The van der Waals surface area contributed by atoms with Gasteiger partial charge in [0.1, 0.15) is 5.60 Å². The molecule has 0 bridgehead atoms. The van der Waals surface area contributed by atoms with Gasteiger partial charge < -0.3 is 30.2 Å². The molecule has 0 saturated carbocycles. The highest BCUT2D eigenvalue weighted by Crippen LogP contribution is 2.14. The molecule has 9 heteroatoms. The third-order valence-electron chi connectivity index (χ3n) is 4.87. The van der Waals surface area contributed by atoms with Crippen LogP contribution < -0.4 is 16.0 Å². The van der Waals surface area contributed by atoms with Gasteiger partial charge in [0.2, 0.25) is 0 Å². The van der Waals surface area contributed by atoms with Gasteiger partial charge in [-0.25, -0.2) is 4.79 Å². The molecule has 1 aromatic carbocycles. The monoisotopic (exact) mass is 576 g/mol. The molecule has 0 spiro atoms. The first-order valence-electron chi connectivity index (χ1n) is 11.3. The van der Waals surface area contributed by atoms with Gasteiger partial charge in [0, 0.05) is 33.4 Å². The largest absolute Gasteiger partial charge is 0.444 e. The van der Waals surface area contributed by atoms with Gasteiger partial charge in [0.15, 0.2) is 5.96 Å². The summed E-state index contributed by atoms with van der Waals surface area (Å²) in [4.78, 5) is 16.3. The molecular formula is C24H41IN4O4. The van der Waals surface area contributed by atoms with Gasteiger partial charge in [0.05, 0.1) is 18.2 Å². The number of alkyl carbamates (subject to hydrolysis) is 1. The van der Waals surface area contributed by atoms with Gasteiger partial charge in [-0.3, -0.25) is 4.99 Å². The molecule has 1 aromatic rings. The van der Waals surface area contributed by atoms with Crippen molar-refractivity contribution in [3.05, 3.63) is 35.4 Å². The van der Waals surface area contributed by atoms with Gasteiger partial charge in [-0.05, 0) is 58.6 Å². The molecule has 0 atom stereocenters. The average Bonchev–Trinajstić information content (AvgIpc) is 2.71. The smallest absolute Gasteiger partial charge is 0.408 e. The number of carbonyl (C=O) groups excluding carboxylic acids is 1. The van der Waals surface area contributed by atoms with E-state index in [1.54, 1.807) is 7.05 Å². The molecule has 1 fully saturated rings. The molecule has 3 N–H and O–H groups in total. The summed E-state index contributed by atoms with van der Waals surface area (Å²) < 4.78 is 16.8. The Labute approximate surface area is 215 Å². The highest BCUT2D eigenvalue weighted by Gasteiger charge is 2.24. The molecule has 188 valence electrons.